The molecule has 1 N–H and O–H groups in total. The highest BCUT2D eigenvalue weighted by atomic mass is 16.5. The predicted octanol–water partition coefficient (Wildman–Crippen LogP) is 4.68. The first-order valence-electron chi connectivity index (χ1n) is 11.2. The molecular weight excluding hydrogens is 458 g/mol. The molecule has 6 rings (SSSR count). The molecule has 0 aliphatic rings. The first kappa shape index (κ1) is 21.5. The lowest BCUT2D eigenvalue weighted by Crippen LogP contribution is -2.02. The molecule has 0 radical (unpaired) electrons. The zero-order valence-electron chi connectivity index (χ0n) is 18.9. The average Bonchev–Trinajstić information content (AvgIpc) is 3.46. The van der Waals surface area contributed by atoms with E-state index in [1.54, 1.807) is 12.1 Å². The Bertz CT molecular complexity index is 1730. The summed E-state index contributed by atoms with van der Waals surface area (Å²) in [6, 6.07) is 26.1. The number of nitrogens with zero attached hydrogens (tertiary/aromatic N) is 4. The summed E-state index contributed by atoms with van der Waals surface area (Å²) in [6.07, 6.45) is 0. The Hall–Kier alpha value is -5.05. The minimum atomic E-state index is -0.180. The van der Waals surface area contributed by atoms with Gasteiger partial charge in [-0.3, -0.25) is 4.79 Å². The van der Waals surface area contributed by atoms with Crippen LogP contribution in [0.15, 0.2) is 94.1 Å². The number of benzene rings is 3. The van der Waals surface area contributed by atoms with Gasteiger partial charge in [0.2, 0.25) is 5.82 Å². The van der Waals surface area contributed by atoms with Crippen LogP contribution >= 0.6 is 0 Å². The largest absolute Gasteiger partial charge is 0.489 e. The van der Waals surface area contributed by atoms with Gasteiger partial charge in [0, 0.05) is 17.5 Å². The maximum Gasteiger partial charge on any atom is 0.215 e. The van der Waals surface area contributed by atoms with Crippen molar-refractivity contribution in [3.63, 3.8) is 0 Å². The normalized spacial score (nSPS) is 11.1. The number of rotatable bonds is 7. The number of hydrogen-bond donors (Lipinski definition) is 1. The van der Waals surface area contributed by atoms with Crippen molar-refractivity contribution in [1.29, 1.82) is 0 Å². The standard InChI is InChI=1S/C27H19N5O4/c33-24-14-26(27-29-31-32-30-27)36-25-12-17(8-11-22(24)25)15-34-20-5-3-6-21(13-20)35-16-19-10-9-18-4-1-2-7-23(18)28-19/h1-14H,15-16H2,(H,29,30,31,32). The second-order valence-corrected chi connectivity index (χ2v) is 8.10. The summed E-state index contributed by atoms with van der Waals surface area (Å²) >= 11 is 0. The Morgan fingerprint density at radius 3 is 2.56 bits per heavy atom. The zero-order valence-corrected chi connectivity index (χ0v) is 18.9. The van der Waals surface area contributed by atoms with Crippen molar-refractivity contribution in [2.24, 2.45) is 0 Å². The highest BCUT2D eigenvalue weighted by molar-refractivity contribution is 5.79. The SMILES string of the molecule is O=c1cc(-c2nnn[nH]2)oc2cc(COc3cccc(OCc4ccc5ccccc5n4)c3)ccc12. The van der Waals surface area contributed by atoms with Crippen LogP contribution in [0.25, 0.3) is 33.5 Å². The van der Waals surface area contributed by atoms with E-state index in [9.17, 15) is 4.79 Å². The summed E-state index contributed by atoms with van der Waals surface area (Å²) < 4.78 is 17.8. The molecule has 0 fully saturated rings. The van der Waals surface area contributed by atoms with Gasteiger partial charge in [0.05, 0.1) is 16.6 Å². The number of nitrogens with one attached hydrogen (secondary N) is 1. The summed E-state index contributed by atoms with van der Waals surface area (Å²) in [7, 11) is 0. The number of hydrogen-bond acceptors (Lipinski definition) is 8. The van der Waals surface area contributed by atoms with Crippen LogP contribution in [0.5, 0.6) is 11.5 Å². The predicted molar refractivity (Wildman–Crippen MR) is 133 cm³/mol. The molecule has 0 aliphatic carbocycles. The van der Waals surface area contributed by atoms with E-state index in [0.717, 1.165) is 22.2 Å². The molecule has 3 aromatic carbocycles. The van der Waals surface area contributed by atoms with E-state index in [-0.39, 0.29) is 23.6 Å². The molecule has 9 heteroatoms. The summed E-state index contributed by atoms with van der Waals surface area (Å²) in [5.41, 5.74) is 2.87. The first-order chi connectivity index (χ1) is 17.7. The molecule has 0 saturated heterocycles. The summed E-state index contributed by atoms with van der Waals surface area (Å²) in [6.45, 7) is 0.629. The third-order valence-electron chi connectivity index (χ3n) is 5.63. The molecule has 0 bridgehead atoms. The number of H-pyrrole nitrogens is 1. The summed E-state index contributed by atoms with van der Waals surface area (Å²) in [5, 5.41) is 15.0. The van der Waals surface area contributed by atoms with Crippen molar-refractivity contribution < 1.29 is 13.9 Å². The molecule has 0 saturated carbocycles. The van der Waals surface area contributed by atoms with Crippen molar-refractivity contribution in [2.45, 2.75) is 13.2 Å². The van der Waals surface area contributed by atoms with Crippen LogP contribution in [-0.2, 0) is 13.2 Å². The molecule has 176 valence electrons. The lowest BCUT2D eigenvalue weighted by Gasteiger charge is -2.10. The van der Waals surface area contributed by atoms with E-state index in [4.69, 9.17) is 13.9 Å². The number of pyridine rings is 1. The summed E-state index contributed by atoms with van der Waals surface area (Å²) in [5.74, 6) is 1.88. The van der Waals surface area contributed by atoms with Gasteiger partial charge in [0.15, 0.2) is 11.2 Å². The quantitative estimate of drug-likeness (QED) is 0.352. The highest BCUT2D eigenvalue weighted by Crippen LogP contribution is 2.23. The van der Waals surface area contributed by atoms with E-state index >= 15 is 0 Å². The molecule has 3 aromatic heterocycles. The number of aromatic amines is 1. The van der Waals surface area contributed by atoms with Gasteiger partial charge in [-0.05, 0) is 52.4 Å². The van der Waals surface area contributed by atoms with Crippen LogP contribution in [0.2, 0.25) is 0 Å². The molecule has 36 heavy (non-hydrogen) atoms. The first-order valence-corrected chi connectivity index (χ1v) is 11.2. The van der Waals surface area contributed by atoms with E-state index in [0.29, 0.717) is 29.1 Å². The third kappa shape index (κ3) is 4.49. The van der Waals surface area contributed by atoms with Crippen LogP contribution in [-0.4, -0.2) is 25.6 Å². The number of aromatic nitrogens is 5. The van der Waals surface area contributed by atoms with Gasteiger partial charge in [-0.15, -0.1) is 5.10 Å². The van der Waals surface area contributed by atoms with Gasteiger partial charge in [-0.1, -0.05) is 36.4 Å². The molecule has 3 heterocycles. The Morgan fingerprint density at radius 1 is 0.833 bits per heavy atom. The topological polar surface area (TPSA) is 116 Å². The van der Waals surface area contributed by atoms with Gasteiger partial charge in [0.25, 0.3) is 0 Å². The molecule has 0 spiro atoms. The lowest BCUT2D eigenvalue weighted by atomic mass is 10.1. The second-order valence-electron chi connectivity index (χ2n) is 8.10. The Morgan fingerprint density at radius 2 is 1.69 bits per heavy atom. The maximum atomic E-state index is 12.5. The molecule has 0 aliphatic heterocycles. The molecular formula is C27H19N5O4. The molecule has 0 amide bonds. The Labute approximate surface area is 204 Å². The van der Waals surface area contributed by atoms with E-state index < -0.39 is 0 Å². The van der Waals surface area contributed by atoms with Gasteiger partial charge in [-0.25, -0.2) is 10.1 Å². The second kappa shape index (κ2) is 9.30. The van der Waals surface area contributed by atoms with Gasteiger partial charge < -0.3 is 13.9 Å². The lowest BCUT2D eigenvalue weighted by molar-refractivity contribution is 0.288. The van der Waals surface area contributed by atoms with Crippen LogP contribution in [0.1, 0.15) is 11.3 Å². The average molecular weight is 477 g/mol. The number of para-hydroxylation sites is 1. The van der Waals surface area contributed by atoms with Gasteiger partial charge in [-0.2, -0.15) is 0 Å². The minimum absolute atomic E-state index is 0.180. The van der Waals surface area contributed by atoms with Crippen LogP contribution in [0.3, 0.4) is 0 Å². The fraction of sp³-hybridized carbons (Fsp3) is 0.0741. The molecule has 6 aromatic rings. The van der Waals surface area contributed by atoms with Crippen molar-refractivity contribution in [2.75, 3.05) is 0 Å². The van der Waals surface area contributed by atoms with Crippen molar-refractivity contribution in [1.82, 2.24) is 25.6 Å². The molecule has 0 atom stereocenters. The third-order valence-corrected chi connectivity index (χ3v) is 5.63. The van der Waals surface area contributed by atoms with E-state index in [1.807, 2.05) is 66.7 Å². The molecule has 9 nitrogen and oxygen atoms in total. The van der Waals surface area contributed by atoms with E-state index in [2.05, 4.69) is 25.6 Å². The Balaban J connectivity index is 1.15. The van der Waals surface area contributed by atoms with Crippen LogP contribution in [0, 0.1) is 0 Å². The zero-order chi connectivity index (χ0) is 24.3. The van der Waals surface area contributed by atoms with Gasteiger partial charge >= 0.3 is 0 Å². The molecule has 0 unspecified atom stereocenters. The monoisotopic (exact) mass is 477 g/mol. The number of ether oxygens (including phenoxy) is 2. The van der Waals surface area contributed by atoms with Crippen LogP contribution < -0.4 is 14.9 Å². The smallest absolute Gasteiger partial charge is 0.215 e. The van der Waals surface area contributed by atoms with Crippen molar-refractivity contribution in [3.8, 4) is 23.1 Å². The van der Waals surface area contributed by atoms with E-state index in [1.165, 1.54) is 6.07 Å². The minimum Gasteiger partial charge on any atom is -0.489 e. The Kier molecular flexibility index (Phi) is 5.55. The highest BCUT2D eigenvalue weighted by Gasteiger charge is 2.11. The maximum absolute atomic E-state index is 12.5. The number of tetrazole rings is 1. The van der Waals surface area contributed by atoms with Gasteiger partial charge in [0.1, 0.15) is 30.3 Å². The number of fused-ring (bicyclic) bond motifs is 2. The summed E-state index contributed by atoms with van der Waals surface area (Å²) in [4.78, 5) is 17.1. The van der Waals surface area contributed by atoms with Crippen molar-refractivity contribution in [3.05, 3.63) is 106 Å². The fourth-order valence-electron chi connectivity index (χ4n) is 3.84. The van der Waals surface area contributed by atoms with Crippen LogP contribution in [0.4, 0.5) is 0 Å². The fourth-order valence-corrected chi connectivity index (χ4v) is 3.84. The van der Waals surface area contributed by atoms with Crippen molar-refractivity contribution >= 4 is 21.9 Å².